The standard InChI is InChI=1S/C14H16ClN3O/c1-17-14(19)10-3-2-6-18(9-10)13-5-4-12(15)7-11(13)8-16/h4-5,7,10H,2-3,6,9H2,1H3,(H,17,19)/t10-/m0/s1. The van der Waals surface area contributed by atoms with E-state index in [0.29, 0.717) is 17.1 Å². The van der Waals surface area contributed by atoms with Crippen LogP contribution in [0.15, 0.2) is 18.2 Å². The Balaban J connectivity index is 2.22. The number of rotatable bonds is 2. The largest absolute Gasteiger partial charge is 0.370 e. The second kappa shape index (κ2) is 5.94. The molecule has 100 valence electrons. The lowest BCUT2D eigenvalue weighted by molar-refractivity contribution is -0.124. The highest BCUT2D eigenvalue weighted by Crippen LogP contribution is 2.28. The van der Waals surface area contributed by atoms with Gasteiger partial charge >= 0.3 is 0 Å². The topological polar surface area (TPSA) is 56.1 Å². The summed E-state index contributed by atoms with van der Waals surface area (Å²) in [7, 11) is 1.66. The normalized spacial score (nSPS) is 18.8. The van der Waals surface area contributed by atoms with Gasteiger partial charge in [-0.25, -0.2) is 0 Å². The van der Waals surface area contributed by atoms with Crippen molar-refractivity contribution in [3.05, 3.63) is 28.8 Å². The first kappa shape index (κ1) is 13.7. The van der Waals surface area contributed by atoms with Crippen LogP contribution in [0, 0.1) is 17.2 Å². The second-order valence-corrected chi connectivity index (χ2v) is 5.11. The summed E-state index contributed by atoms with van der Waals surface area (Å²) in [6, 6.07) is 7.47. The molecule has 1 amide bonds. The Kier molecular flexibility index (Phi) is 4.28. The minimum atomic E-state index is -0.0130. The van der Waals surface area contributed by atoms with Crippen molar-refractivity contribution in [2.75, 3.05) is 25.0 Å². The van der Waals surface area contributed by atoms with Gasteiger partial charge in [-0.05, 0) is 31.0 Å². The van der Waals surface area contributed by atoms with E-state index in [-0.39, 0.29) is 11.8 Å². The van der Waals surface area contributed by atoms with Crippen molar-refractivity contribution in [2.24, 2.45) is 5.92 Å². The number of halogens is 1. The Morgan fingerprint density at radius 2 is 2.37 bits per heavy atom. The summed E-state index contributed by atoms with van der Waals surface area (Å²) < 4.78 is 0. The van der Waals surface area contributed by atoms with E-state index in [2.05, 4.69) is 16.3 Å². The van der Waals surface area contributed by atoms with Gasteiger partial charge in [0.25, 0.3) is 0 Å². The maximum Gasteiger partial charge on any atom is 0.224 e. The maximum absolute atomic E-state index is 11.7. The number of nitriles is 1. The molecule has 0 aliphatic carbocycles. The van der Waals surface area contributed by atoms with E-state index in [0.717, 1.165) is 25.1 Å². The number of benzene rings is 1. The Morgan fingerprint density at radius 3 is 3.05 bits per heavy atom. The number of nitrogens with one attached hydrogen (secondary N) is 1. The molecule has 0 unspecified atom stereocenters. The summed E-state index contributed by atoms with van der Waals surface area (Å²) >= 11 is 5.90. The van der Waals surface area contributed by atoms with E-state index in [1.165, 1.54) is 0 Å². The molecular weight excluding hydrogens is 262 g/mol. The zero-order valence-corrected chi connectivity index (χ0v) is 11.6. The van der Waals surface area contributed by atoms with E-state index in [1.54, 1.807) is 19.2 Å². The molecule has 1 aliphatic heterocycles. The molecule has 0 aromatic heterocycles. The Labute approximate surface area is 118 Å². The minimum absolute atomic E-state index is 0.0130. The molecule has 19 heavy (non-hydrogen) atoms. The lowest BCUT2D eigenvalue weighted by Crippen LogP contribution is -2.42. The monoisotopic (exact) mass is 277 g/mol. The first-order valence-electron chi connectivity index (χ1n) is 6.32. The number of carbonyl (C=O) groups is 1. The summed E-state index contributed by atoms with van der Waals surface area (Å²) in [5.41, 5.74) is 1.42. The van der Waals surface area contributed by atoms with Crippen LogP contribution in [0.1, 0.15) is 18.4 Å². The molecule has 1 fully saturated rings. The molecule has 4 nitrogen and oxygen atoms in total. The van der Waals surface area contributed by atoms with Crippen molar-refractivity contribution in [1.82, 2.24) is 5.32 Å². The first-order valence-corrected chi connectivity index (χ1v) is 6.69. The molecule has 0 spiro atoms. The lowest BCUT2D eigenvalue weighted by atomic mass is 9.96. The van der Waals surface area contributed by atoms with Crippen LogP contribution >= 0.6 is 11.6 Å². The Hall–Kier alpha value is -1.73. The fourth-order valence-corrected chi connectivity index (χ4v) is 2.66. The van der Waals surface area contributed by atoms with E-state index in [1.807, 2.05) is 6.07 Å². The van der Waals surface area contributed by atoms with Crippen LogP contribution in [0.3, 0.4) is 0 Å². The zero-order chi connectivity index (χ0) is 13.8. The molecule has 1 N–H and O–H groups in total. The highest BCUT2D eigenvalue weighted by atomic mass is 35.5. The van der Waals surface area contributed by atoms with Crippen molar-refractivity contribution in [3.8, 4) is 6.07 Å². The van der Waals surface area contributed by atoms with Crippen molar-refractivity contribution in [3.63, 3.8) is 0 Å². The average molecular weight is 278 g/mol. The molecule has 1 aliphatic rings. The van der Waals surface area contributed by atoms with Crippen molar-refractivity contribution in [2.45, 2.75) is 12.8 Å². The summed E-state index contributed by atoms with van der Waals surface area (Å²) in [4.78, 5) is 13.8. The number of hydrogen-bond donors (Lipinski definition) is 1. The summed E-state index contributed by atoms with van der Waals surface area (Å²) in [6.45, 7) is 1.51. The molecular formula is C14H16ClN3O. The van der Waals surface area contributed by atoms with Gasteiger partial charge in [-0.1, -0.05) is 11.6 Å². The van der Waals surface area contributed by atoms with Gasteiger partial charge in [0.05, 0.1) is 17.2 Å². The first-order chi connectivity index (χ1) is 9.15. The summed E-state index contributed by atoms with van der Waals surface area (Å²) in [5.74, 6) is 0.0538. The lowest BCUT2D eigenvalue weighted by Gasteiger charge is -2.34. The van der Waals surface area contributed by atoms with Crippen LogP contribution in [0.4, 0.5) is 5.69 Å². The predicted molar refractivity (Wildman–Crippen MR) is 75.2 cm³/mol. The van der Waals surface area contributed by atoms with Crippen molar-refractivity contribution < 1.29 is 4.79 Å². The number of nitrogens with zero attached hydrogens (tertiary/aromatic N) is 2. The van der Waals surface area contributed by atoms with Crippen LogP contribution in [-0.2, 0) is 4.79 Å². The van der Waals surface area contributed by atoms with Gasteiger partial charge in [-0.2, -0.15) is 5.26 Å². The third-order valence-electron chi connectivity index (χ3n) is 3.46. The maximum atomic E-state index is 11.7. The average Bonchev–Trinajstić information content (AvgIpc) is 2.46. The van der Waals surface area contributed by atoms with E-state index in [9.17, 15) is 10.1 Å². The van der Waals surface area contributed by atoms with Gasteiger partial charge in [-0.15, -0.1) is 0 Å². The van der Waals surface area contributed by atoms with Crippen molar-refractivity contribution >= 4 is 23.2 Å². The van der Waals surface area contributed by atoms with Gasteiger partial charge in [0.15, 0.2) is 0 Å². The summed E-state index contributed by atoms with van der Waals surface area (Å²) in [5, 5.41) is 12.4. The number of amides is 1. The van der Waals surface area contributed by atoms with Gasteiger partial charge in [0.2, 0.25) is 5.91 Å². The van der Waals surface area contributed by atoms with E-state index in [4.69, 9.17) is 11.6 Å². The highest BCUT2D eigenvalue weighted by molar-refractivity contribution is 6.30. The Morgan fingerprint density at radius 1 is 1.58 bits per heavy atom. The molecule has 5 heteroatoms. The minimum Gasteiger partial charge on any atom is -0.370 e. The number of carbonyl (C=O) groups excluding carboxylic acids is 1. The molecule has 1 aromatic carbocycles. The van der Waals surface area contributed by atoms with Crippen LogP contribution in [-0.4, -0.2) is 26.0 Å². The van der Waals surface area contributed by atoms with Crippen LogP contribution in [0.25, 0.3) is 0 Å². The number of hydrogen-bond acceptors (Lipinski definition) is 3. The molecule has 2 rings (SSSR count). The second-order valence-electron chi connectivity index (χ2n) is 4.67. The van der Waals surface area contributed by atoms with Gasteiger partial charge in [-0.3, -0.25) is 4.79 Å². The van der Waals surface area contributed by atoms with Crippen LogP contribution < -0.4 is 10.2 Å². The quantitative estimate of drug-likeness (QED) is 0.901. The fraction of sp³-hybridized carbons (Fsp3) is 0.429. The van der Waals surface area contributed by atoms with Gasteiger partial charge in [0.1, 0.15) is 6.07 Å². The summed E-state index contributed by atoms with van der Waals surface area (Å²) in [6.07, 6.45) is 1.84. The number of anilines is 1. The highest BCUT2D eigenvalue weighted by Gasteiger charge is 2.26. The zero-order valence-electron chi connectivity index (χ0n) is 10.8. The molecule has 1 saturated heterocycles. The molecule has 0 saturated carbocycles. The predicted octanol–water partition coefficient (Wildman–Crippen LogP) is 2.17. The molecule has 1 atom stereocenters. The Bertz CT molecular complexity index is 524. The SMILES string of the molecule is CNC(=O)[C@H]1CCCN(c2ccc(Cl)cc2C#N)C1. The van der Waals surface area contributed by atoms with E-state index >= 15 is 0 Å². The molecule has 1 aromatic rings. The number of piperidine rings is 1. The fourth-order valence-electron chi connectivity index (χ4n) is 2.49. The van der Waals surface area contributed by atoms with Crippen molar-refractivity contribution in [1.29, 1.82) is 5.26 Å². The third kappa shape index (κ3) is 2.99. The molecule has 1 heterocycles. The van der Waals surface area contributed by atoms with E-state index < -0.39 is 0 Å². The molecule has 0 bridgehead atoms. The van der Waals surface area contributed by atoms with Gasteiger partial charge in [0, 0.05) is 25.2 Å². The smallest absolute Gasteiger partial charge is 0.224 e. The van der Waals surface area contributed by atoms with Gasteiger partial charge < -0.3 is 10.2 Å². The van der Waals surface area contributed by atoms with Crippen LogP contribution in [0.2, 0.25) is 5.02 Å². The molecule has 0 radical (unpaired) electrons. The van der Waals surface area contributed by atoms with Crippen LogP contribution in [0.5, 0.6) is 0 Å². The third-order valence-corrected chi connectivity index (χ3v) is 3.69.